The molecule has 3 nitrogen and oxygen atoms in total. The lowest BCUT2D eigenvalue weighted by Gasteiger charge is -1.95. The van der Waals surface area contributed by atoms with E-state index in [4.69, 9.17) is 5.41 Å². The molecule has 0 atom stereocenters. The van der Waals surface area contributed by atoms with Gasteiger partial charge < -0.3 is 10.6 Å². The Balaban J connectivity index is 0. The number of guanidine groups is 1. The number of rotatable bonds is 0. The van der Waals surface area contributed by atoms with Crippen molar-refractivity contribution in [3.8, 4) is 0 Å². The van der Waals surface area contributed by atoms with Crippen molar-refractivity contribution in [1.29, 1.82) is 5.41 Å². The molecule has 44 valence electrons. The van der Waals surface area contributed by atoms with Gasteiger partial charge in [0.1, 0.15) is 0 Å². The summed E-state index contributed by atoms with van der Waals surface area (Å²) in [7, 11) is 3.39. The SMILES string of the molecule is Br.CNC(=N)NC. The summed E-state index contributed by atoms with van der Waals surface area (Å²) in [5, 5.41) is 11.9. The zero-order valence-corrected chi connectivity index (χ0v) is 6.12. The maximum atomic E-state index is 6.76. The van der Waals surface area contributed by atoms with Crippen molar-refractivity contribution in [2.75, 3.05) is 14.1 Å². The van der Waals surface area contributed by atoms with Crippen molar-refractivity contribution >= 4 is 22.9 Å². The third-order valence-electron chi connectivity index (χ3n) is 0.500. The van der Waals surface area contributed by atoms with E-state index in [-0.39, 0.29) is 17.0 Å². The summed E-state index contributed by atoms with van der Waals surface area (Å²) in [4.78, 5) is 0. The molecule has 3 N–H and O–H groups in total. The largest absolute Gasteiger partial charge is 0.360 e. The molecular weight excluding hydrogens is 158 g/mol. The number of halogens is 1. The predicted octanol–water partition coefficient (Wildman–Crippen LogP) is -0.0621. The van der Waals surface area contributed by atoms with Gasteiger partial charge in [0.05, 0.1) is 0 Å². The summed E-state index contributed by atoms with van der Waals surface area (Å²) in [6.45, 7) is 0. The fourth-order valence-corrected chi connectivity index (χ4v) is 0.125. The molecule has 4 heteroatoms. The third-order valence-corrected chi connectivity index (χ3v) is 0.500. The van der Waals surface area contributed by atoms with Crippen molar-refractivity contribution in [2.45, 2.75) is 0 Å². The molecule has 0 aromatic heterocycles. The zero-order chi connectivity index (χ0) is 4.99. The van der Waals surface area contributed by atoms with Crippen molar-refractivity contribution in [3.05, 3.63) is 0 Å². The molecule has 0 amide bonds. The van der Waals surface area contributed by atoms with E-state index in [9.17, 15) is 0 Å². The summed E-state index contributed by atoms with van der Waals surface area (Å²) in [5.41, 5.74) is 0. The van der Waals surface area contributed by atoms with Gasteiger partial charge >= 0.3 is 0 Å². The number of nitrogens with one attached hydrogen (secondary N) is 3. The minimum absolute atomic E-state index is 0. The van der Waals surface area contributed by atoms with Crippen molar-refractivity contribution in [1.82, 2.24) is 10.6 Å². The summed E-state index contributed by atoms with van der Waals surface area (Å²) < 4.78 is 0. The Morgan fingerprint density at radius 3 is 1.57 bits per heavy atom. The van der Waals surface area contributed by atoms with Crippen LogP contribution in [-0.4, -0.2) is 20.1 Å². The molecule has 0 saturated carbocycles. The van der Waals surface area contributed by atoms with Crippen LogP contribution in [-0.2, 0) is 0 Å². The van der Waals surface area contributed by atoms with E-state index in [1.807, 2.05) is 0 Å². The van der Waals surface area contributed by atoms with Crippen LogP contribution in [0.5, 0.6) is 0 Å². The first kappa shape index (κ1) is 9.89. The zero-order valence-electron chi connectivity index (χ0n) is 4.41. The van der Waals surface area contributed by atoms with Crippen LogP contribution in [0.3, 0.4) is 0 Å². The van der Waals surface area contributed by atoms with Crippen LogP contribution in [0.15, 0.2) is 0 Å². The number of hydrogen-bond donors (Lipinski definition) is 3. The topological polar surface area (TPSA) is 47.9 Å². The van der Waals surface area contributed by atoms with Gasteiger partial charge in [0.25, 0.3) is 0 Å². The van der Waals surface area contributed by atoms with Crippen LogP contribution in [0, 0.1) is 5.41 Å². The molecule has 0 aliphatic carbocycles. The quantitative estimate of drug-likeness (QED) is 0.350. The van der Waals surface area contributed by atoms with E-state index < -0.39 is 0 Å². The molecular formula is C3H10BrN3. The van der Waals surface area contributed by atoms with Crippen molar-refractivity contribution in [3.63, 3.8) is 0 Å². The lowest BCUT2D eigenvalue weighted by Crippen LogP contribution is -2.29. The summed E-state index contributed by atoms with van der Waals surface area (Å²) >= 11 is 0. The third kappa shape index (κ3) is 5.75. The Morgan fingerprint density at radius 1 is 1.29 bits per heavy atom. The second kappa shape index (κ2) is 5.75. The Hall–Kier alpha value is -0.250. The lowest BCUT2D eigenvalue weighted by atomic mass is 10.9. The van der Waals surface area contributed by atoms with Crippen LogP contribution in [0.2, 0.25) is 0 Å². The lowest BCUT2D eigenvalue weighted by molar-refractivity contribution is 1.00. The van der Waals surface area contributed by atoms with E-state index >= 15 is 0 Å². The molecule has 0 fully saturated rings. The van der Waals surface area contributed by atoms with E-state index in [1.165, 1.54) is 0 Å². The first-order valence-corrected chi connectivity index (χ1v) is 1.75. The highest BCUT2D eigenvalue weighted by atomic mass is 79.9. The standard InChI is InChI=1S/C3H9N3.BrH/c1-5-3(4)6-2;/h1-2H3,(H3,4,5,6);1H. The maximum absolute atomic E-state index is 6.76. The van der Waals surface area contributed by atoms with E-state index in [0.717, 1.165) is 0 Å². The highest BCUT2D eigenvalue weighted by molar-refractivity contribution is 8.93. The average molecular weight is 168 g/mol. The van der Waals surface area contributed by atoms with Crippen molar-refractivity contribution < 1.29 is 0 Å². The molecule has 0 heterocycles. The van der Waals surface area contributed by atoms with Gasteiger partial charge in [-0.15, -0.1) is 17.0 Å². The Morgan fingerprint density at radius 2 is 1.57 bits per heavy atom. The fourth-order valence-electron chi connectivity index (χ4n) is 0.125. The van der Waals surface area contributed by atoms with Gasteiger partial charge in [0, 0.05) is 14.1 Å². The Bertz CT molecular complexity index is 48.1. The molecule has 0 rings (SSSR count). The van der Waals surface area contributed by atoms with Gasteiger partial charge in [-0.2, -0.15) is 0 Å². The van der Waals surface area contributed by atoms with Gasteiger partial charge in [-0.05, 0) is 0 Å². The molecule has 0 spiro atoms. The summed E-state index contributed by atoms with van der Waals surface area (Å²) in [6, 6.07) is 0. The van der Waals surface area contributed by atoms with Crippen LogP contribution in [0.25, 0.3) is 0 Å². The van der Waals surface area contributed by atoms with E-state index in [1.54, 1.807) is 14.1 Å². The van der Waals surface area contributed by atoms with Crippen LogP contribution in [0.4, 0.5) is 0 Å². The minimum Gasteiger partial charge on any atom is -0.360 e. The fraction of sp³-hybridized carbons (Fsp3) is 0.667. The molecule has 0 aliphatic heterocycles. The average Bonchev–Trinajstić information content (AvgIpc) is 1.65. The van der Waals surface area contributed by atoms with Gasteiger partial charge in [-0.25, -0.2) is 0 Å². The van der Waals surface area contributed by atoms with Gasteiger partial charge in [0.15, 0.2) is 5.96 Å². The minimum atomic E-state index is 0. The van der Waals surface area contributed by atoms with Crippen LogP contribution < -0.4 is 10.6 Å². The molecule has 0 aromatic rings. The molecule has 7 heavy (non-hydrogen) atoms. The van der Waals surface area contributed by atoms with Gasteiger partial charge in [0.2, 0.25) is 0 Å². The van der Waals surface area contributed by atoms with Crippen molar-refractivity contribution in [2.24, 2.45) is 0 Å². The maximum Gasteiger partial charge on any atom is 0.187 e. The molecule has 0 aromatic carbocycles. The van der Waals surface area contributed by atoms with E-state index in [2.05, 4.69) is 10.6 Å². The first-order chi connectivity index (χ1) is 2.81. The predicted molar refractivity (Wildman–Crippen MR) is 36.2 cm³/mol. The molecule has 0 bridgehead atoms. The summed E-state index contributed by atoms with van der Waals surface area (Å²) in [6.07, 6.45) is 0. The van der Waals surface area contributed by atoms with Gasteiger partial charge in [-0.3, -0.25) is 5.41 Å². The smallest absolute Gasteiger partial charge is 0.187 e. The highest BCUT2D eigenvalue weighted by Crippen LogP contribution is 1.42. The van der Waals surface area contributed by atoms with Crippen LogP contribution >= 0.6 is 17.0 Å². The Kier molecular flexibility index (Phi) is 8.12. The highest BCUT2D eigenvalue weighted by Gasteiger charge is 1.75. The second-order valence-electron chi connectivity index (χ2n) is 0.875. The summed E-state index contributed by atoms with van der Waals surface area (Å²) in [5.74, 6) is 0.343. The number of hydrogen-bond acceptors (Lipinski definition) is 1. The first-order valence-electron chi connectivity index (χ1n) is 1.75. The molecule has 0 radical (unpaired) electrons. The molecule has 0 unspecified atom stereocenters. The molecule has 0 saturated heterocycles. The van der Waals surface area contributed by atoms with Crippen LogP contribution in [0.1, 0.15) is 0 Å². The second-order valence-corrected chi connectivity index (χ2v) is 0.875. The van der Waals surface area contributed by atoms with E-state index in [0.29, 0.717) is 5.96 Å². The normalized spacial score (nSPS) is 6.00. The monoisotopic (exact) mass is 167 g/mol. The Labute approximate surface area is 53.8 Å². The molecule has 0 aliphatic rings. The van der Waals surface area contributed by atoms with Gasteiger partial charge in [-0.1, -0.05) is 0 Å².